The minimum atomic E-state index is -4.37. The summed E-state index contributed by atoms with van der Waals surface area (Å²) in [6.07, 6.45) is 0. The zero-order valence-corrected chi connectivity index (χ0v) is 6.23. The van der Waals surface area contributed by atoms with E-state index >= 15 is 0 Å². The van der Waals surface area contributed by atoms with Crippen LogP contribution in [0.1, 0.15) is 0 Å². The Morgan fingerprint density at radius 3 is 2.40 bits per heavy atom. The average Bonchev–Trinajstić information content (AvgIpc) is 1.78. The van der Waals surface area contributed by atoms with E-state index in [1.54, 1.807) is 0 Å². The molecule has 0 heterocycles. The number of hydrogen-bond donors (Lipinski definition) is 1. The molecule has 0 atom stereocenters. The van der Waals surface area contributed by atoms with Crippen molar-refractivity contribution in [2.45, 2.75) is 0 Å². The van der Waals surface area contributed by atoms with E-state index in [9.17, 15) is 12.3 Å². The maximum absolute atomic E-state index is 11.7. The Kier molecular flexibility index (Phi) is 4.50. The van der Waals surface area contributed by atoms with Gasteiger partial charge in [-0.25, -0.2) is 0 Å². The minimum Gasteiger partial charge on any atom is -0.379 e. The molecule has 0 aliphatic rings. The van der Waals surface area contributed by atoms with Gasteiger partial charge in [-0.1, -0.05) is 0 Å². The van der Waals surface area contributed by atoms with Crippen molar-refractivity contribution in [1.82, 2.24) is 0 Å². The first-order valence-electron chi connectivity index (χ1n) is 2.76. The fraction of sp³-hybridized carbons (Fsp3) is 1.00. The summed E-state index contributed by atoms with van der Waals surface area (Å²) in [6, 6.07) is 0. The largest absolute Gasteiger partial charge is 0.379 e. The van der Waals surface area contributed by atoms with E-state index in [4.69, 9.17) is 5.73 Å². The molecule has 2 N–H and O–H groups in total. The van der Waals surface area contributed by atoms with Gasteiger partial charge in [-0.2, -0.15) is 8.42 Å². The van der Waals surface area contributed by atoms with E-state index in [0.717, 1.165) is 0 Å². The number of ether oxygens (including phenoxy) is 1. The van der Waals surface area contributed by atoms with E-state index in [2.05, 4.69) is 4.74 Å². The monoisotopic (exact) mass is 171 g/mol. The molecule has 4 nitrogen and oxygen atoms in total. The summed E-state index contributed by atoms with van der Waals surface area (Å²) < 4.78 is 35.9. The van der Waals surface area contributed by atoms with E-state index < -0.39 is 16.0 Å². The van der Waals surface area contributed by atoms with E-state index in [0.29, 0.717) is 6.54 Å². The Morgan fingerprint density at radius 2 is 2.00 bits per heavy atom. The highest BCUT2D eigenvalue weighted by Gasteiger charge is 2.04. The number of hydrogen-bond acceptors (Lipinski definition) is 4. The van der Waals surface area contributed by atoms with Crippen LogP contribution >= 0.6 is 0 Å². The van der Waals surface area contributed by atoms with Gasteiger partial charge < -0.3 is 10.5 Å². The van der Waals surface area contributed by atoms with Crippen LogP contribution in [0, 0.1) is 0 Å². The molecule has 6 heteroatoms. The molecular formula is C4H10FNO3S. The van der Waals surface area contributed by atoms with Crippen molar-refractivity contribution in [2.75, 3.05) is 25.5 Å². The fourth-order valence-corrected chi connectivity index (χ4v) is 0.661. The van der Waals surface area contributed by atoms with Crippen molar-refractivity contribution in [3.8, 4) is 0 Å². The third-order valence-corrected chi connectivity index (χ3v) is 1.39. The molecule has 0 bridgehead atoms. The molecule has 0 saturated heterocycles. The second-order valence-electron chi connectivity index (χ2n) is 1.64. The fourth-order valence-electron chi connectivity index (χ4n) is 0.344. The highest BCUT2D eigenvalue weighted by Crippen LogP contribution is 1.89. The van der Waals surface area contributed by atoms with Crippen LogP contribution in [-0.4, -0.2) is 33.9 Å². The zero-order valence-electron chi connectivity index (χ0n) is 5.42. The van der Waals surface area contributed by atoms with Crippen molar-refractivity contribution in [3.05, 3.63) is 0 Å². The zero-order chi connectivity index (χ0) is 8.04. The lowest BCUT2D eigenvalue weighted by Crippen LogP contribution is -2.13. The molecule has 0 aromatic heterocycles. The predicted octanol–water partition coefficient (Wildman–Crippen LogP) is -0.739. The van der Waals surface area contributed by atoms with Gasteiger partial charge in [-0.05, 0) is 0 Å². The van der Waals surface area contributed by atoms with Crippen molar-refractivity contribution in [1.29, 1.82) is 0 Å². The Morgan fingerprint density at radius 1 is 1.40 bits per heavy atom. The third-order valence-electron chi connectivity index (χ3n) is 0.734. The predicted molar refractivity (Wildman–Crippen MR) is 34.8 cm³/mol. The average molecular weight is 171 g/mol. The van der Waals surface area contributed by atoms with Gasteiger partial charge in [0.25, 0.3) is 0 Å². The van der Waals surface area contributed by atoms with Gasteiger partial charge in [-0.15, -0.1) is 3.89 Å². The van der Waals surface area contributed by atoms with Crippen molar-refractivity contribution in [2.24, 2.45) is 5.73 Å². The lowest BCUT2D eigenvalue weighted by Gasteiger charge is -1.97. The maximum Gasteiger partial charge on any atom is 0.304 e. The normalized spacial score (nSPS) is 11.8. The molecular weight excluding hydrogens is 161 g/mol. The Bertz CT molecular complexity index is 167. The molecule has 0 spiro atoms. The molecule has 62 valence electrons. The summed E-state index contributed by atoms with van der Waals surface area (Å²) in [4.78, 5) is 0. The van der Waals surface area contributed by atoms with Gasteiger partial charge in [-0.3, -0.25) is 0 Å². The van der Waals surface area contributed by atoms with E-state index in [1.165, 1.54) is 0 Å². The number of rotatable bonds is 5. The summed E-state index contributed by atoms with van der Waals surface area (Å²) in [7, 11) is -4.37. The SMILES string of the molecule is NCCOCCS(=O)(=O)F. The number of halogens is 1. The van der Waals surface area contributed by atoms with Crippen LogP contribution in [0.25, 0.3) is 0 Å². The van der Waals surface area contributed by atoms with Crippen LogP contribution in [0.3, 0.4) is 0 Å². The van der Waals surface area contributed by atoms with Gasteiger partial charge in [0.1, 0.15) is 5.75 Å². The molecule has 0 aromatic carbocycles. The summed E-state index contributed by atoms with van der Waals surface area (Å²) in [6.45, 7) is 0.442. The molecule has 0 amide bonds. The topological polar surface area (TPSA) is 69.4 Å². The second kappa shape index (κ2) is 4.59. The second-order valence-corrected chi connectivity index (χ2v) is 3.13. The Balaban J connectivity index is 3.21. The highest BCUT2D eigenvalue weighted by atomic mass is 32.3. The molecule has 0 aliphatic carbocycles. The van der Waals surface area contributed by atoms with Crippen LogP contribution in [0.2, 0.25) is 0 Å². The quantitative estimate of drug-likeness (QED) is 0.437. The molecule has 0 aliphatic heterocycles. The summed E-state index contributed by atoms with van der Waals surface area (Å²) >= 11 is 0. The van der Waals surface area contributed by atoms with E-state index in [-0.39, 0.29) is 13.2 Å². The maximum atomic E-state index is 11.7. The highest BCUT2D eigenvalue weighted by molar-refractivity contribution is 7.86. The minimum absolute atomic E-state index is 0.129. The summed E-state index contributed by atoms with van der Waals surface area (Å²) in [5.41, 5.74) is 5.01. The van der Waals surface area contributed by atoms with Crippen molar-refractivity contribution >= 4 is 10.2 Å². The summed E-state index contributed by atoms with van der Waals surface area (Å²) in [5.74, 6) is -0.590. The molecule has 10 heavy (non-hydrogen) atoms. The standard InChI is InChI=1S/C4H10FNO3S/c5-10(7,8)4-3-9-2-1-6/h1-4,6H2. The number of nitrogens with two attached hydrogens (primary N) is 1. The molecule has 0 saturated carbocycles. The van der Waals surface area contributed by atoms with Gasteiger partial charge in [0.05, 0.1) is 13.2 Å². The lowest BCUT2D eigenvalue weighted by atomic mass is 10.7. The van der Waals surface area contributed by atoms with Gasteiger partial charge >= 0.3 is 10.2 Å². The van der Waals surface area contributed by atoms with E-state index in [1.807, 2.05) is 0 Å². The lowest BCUT2D eigenvalue weighted by molar-refractivity contribution is 0.156. The van der Waals surface area contributed by atoms with Crippen LogP contribution in [0.15, 0.2) is 0 Å². The van der Waals surface area contributed by atoms with Crippen molar-refractivity contribution < 1.29 is 17.0 Å². The molecule has 0 unspecified atom stereocenters. The van der Waals surface area contributed by atoms with Gasteiger partial charge in [0, 0.05) is 6.54 Å². The molecule has 0 fully saturated rings. The Labute approximate surface area is 59.4 Å². The van der Waals surface area contributed by atoms with Crippen LogP contribution in [0.4, 0.5) is 3.89 Å². The van der Waals surface area contributed by atoms with Crippen LogP contribution in [-0.2, 0) is 15.0 Å². The smallest absolute Gasteiger partial charge is 0.304 e. The summed E-state index contributed by atoms with van der Waals surface area (Å²) in [5, 5.41) is 0. The van der Waals surface area contributed by atoms with Gasteiger partial charge in [0.15, 0.2) is 0 Å². The molecule has 0 radical (unpaired) electrons. The van der Waals surface area contributed by atoms with Crippen LogP contribution < -0.4 is 5.73 Å². The first kappa shape index (κ1) is 9.80. The Hall–Kier alpha value is -0.200. The molecule has 0 rings (SSSR count). The third kappa shape index (κ3) is 7.80. The van der Waals surface area contributed by atoms with Gasteiger partial charge in [0.2, 0.25) is 0 Å². The first-order valence-corrected chi connectivity index (χ1v) is 4.31. The van der Waals surface area contributed by atoms with Crippen molar-refractivity contribution in [3.63, 3.8) is 0 Å². The van der Waals surface area contributed by atoms with Crippen LogP contribution in [0.5, 0.6) is 0 Å². The first-order chi connectivity index (χ1) is 4.56. The molecule has 0 aromatic rings.